The van der Waals surface area contributed by atoms with E-state index in [9.17, 15) is 4.79 Å². The summed E-state index contributed by atoms with van der Waals surface area (Å²) in [6.07, 6.45) is 4.89. The minimum Gasteiger partial charge on any atom is -0.336 e. The molecule has 0 bridgehead atoms. The molecule has 2 aromatic heterocycles. The van der Waals surface area contributed by atoms with Crippen LogP contribution >= 0.6 is 11.8 Å². The summed E-state index contributed by atoms with van der Waals surface area (Å²) >= 11 is 1.87. The third-order valence-electron chi connectivity index (χ3n) is 4.70. The molecule has 0 spiro atoms. The molecule has 2 aliphatic rings. The SMILES string of the molecule is Cc1ccnc(N2CCCC2Cn2nc3c(cc2=O)CSCC3)n1. The lowest BCUT2D eigenvalue weighted by atomic mass is 10.2. The second-order valence-electron chi connectivity index (χ2n) is 6.43. The molecule has 2 aliphatic heterocycles. The molecule has 6 nitrogen and oxygen atoms in total. The fourth-order valence-electron chi connectivity index (χ4n) is 3.45. The Morgan fingerprint density at radius 2 is 2.33 bits per heavy atom. The quantitative estimate of drug-likeness (QED) is 0.847. The van der Waals surface area contributed by atoms with Crippen LogP contribution in [0.5, 0.6) is 0 Å². The maximum Gasteiger partial charge on any atom is 0.267 e. The predicted molar refractivity (Wildman–Crippen MR) is 95.5 cm³/mol. The molecule has 0 radical (unpaired) electrons. The monoisotopic (exact) mass is 343 g/mol. The average molecular weight is 343 g/mol. The molecule has 1 saturated heterocycles. The van der Waals surface area contributed by atoms with Gasteiger partial charge in [-0.25, -0.2) is 14.6 Å². The Bertz CT molecular complexity index is 806. The maximum atomic E-state index is 12.4. The summed E-state index contributed by atoms with van der Waals surface area (Å²) in [5.41, 5.74) is 3.17. The van der Waals surface area contributed by atoms with Crippen LogP contribution in [0.3, 0.4) is 0 Å². The van der Waals surface area contributed by atoms with E-state index in [2.05, 4.69) is 20.0 Å². The van der Waals surface area contributed by atoms with Crippen molar-refractivity contribution < 1.29 is 0 Å². The third kappa shape index (κ3) is 3.05. The first kappa shape index (κ1) is 15.6. The summed E-state index contributed by atoms with van der Waals surface area (Å²) < 4.78 is 1.65. The number of rotatable bonds is 3. The molecular formula is C17H21N5OS. The number of nitrogens with zero attached hydrogens (tertiary/aromatic N) is 5. The zero-order chi connectivity index (χ0) is 16.5. The fourth-order valence-corrected chi connectivity index (χ4v) is 4.40. The molecule has 1 fully saturated rings. The Balaban J connectivity index is 1.59. The summed E-state index contributed by atoms with van der Waals surface area (Å²) in [6, 6.07) is 3.91. The lowest BCUT2D eigenvalue weighted by molar-refractivity contribution is 0.478. The molecular weight excluding hydrogens is 322 g/mol. The normalized spacial score (nSPS) is 20.2. The van der Waals surface area contributed by atoms with Gasteiger partial charge in [0.25, 0.3) is 5.56 Å². The van der Waals surface area contributed by atoms with Crippen molar-refractivity contribution in [1.82, 2.24) is 19.7 Å². The molecule has 2 aromatic rings. The van der Waals surface area contributed by atoms with E-state index in [-0.39, 0.29) is 11.6 Å². The molecule has 0 amide bonds. The van der Waals surface area contributed by atoms with Crippen LogP contribution < -0.4 is 10.5 Å². The molecule has 0 aliphatic carbocycles. The number of aromatic nitrogens is 4. The first-order valence-corrected chi connectivity index (χ1v) is 9.60. The molecule has 0 saturated carbocycles. The molecule has 1 atom stereocenters. The van der Waals surface area contributed by atoms with Gasteiger partial charge >= 0.3 is 0 Å². The number of hydrogen-bond donors (Lipinski definition) is 0. The Labute approximate surface area is 145 Å². The number of aryl methyl sites for hydroxylation is 2. The van der Waals surface area contributed by atoms with Gasteiger partial charge in [0.1, 0.15) is 0 Å². The van der Waals surface area contributed by atoms with Gasteiger partial charge in [-0.05, 0) is 37.1 Å². The molecule has 4 rings (SSSR count). The molecule has 24 heavy (non-hydrogen) atoms. The van der Waals surface area contributed by atoms with Crippen LogP contribution in [-0.4, -0.2) is 38.1 Å². The highest BCUT2D eigenvalue weighted by Gasteiger charge is 2.28. The van der Waals surface area contributed by atoms with Gasteiger partial charge < -0.3 is 4.90 Å². The van der Waals surface area contributed by atoms with Gasteiger partial charge in [0.15, 0.2) is 0 Å². The van der Waals surface area contributed by atoms with Crippen LogP contribution in [0.1, 0.15) is 29.8 Å². The smallest absolute Gasteiger partial charge is 0.267 e. The zero-order valence-electron chi connectivity index (χ0n) is 13.8. The third-order valence-corrected chi connectivity index (χ3v) is 5.71. The summed E-state index contributed by atoms with van der Waals surface area (Å²) in [5, 5.41) is 4.65. The number of anilines is 1. The van der Waals surface area contributed by atoms with Crippen LogP contribution in [0.4, 0.5) is 5.95 Å². The lowest BCUT2D eigenvalue weighted by Gasteiger charge is -2.25. The molecule has 7 heteroatoms. The zero-order valence-corrected chi connectivity index (χ0v) is 14.6. The van der Waals surface area contributed by atoms with Crippen molar-refractivity contribution in [2.75, 3.05) is 17.2 Å². The van der Waals surface area contributed by atoms with Crippen LogP contribution in [0, 0.1) is 6.92 Å². The van der Waals surface area contributed by atoms with Gasteiger partial charge in [-0.3, -0.25) is 4.79 Å². The Kier molecular flexibility index (Phi) is 4.26. The highest BCUT2D eigenvalue weighted by Crippen LogP contribution is 2.24. The minimum atomic E-state index is 0.00765. The Hall–Kier alpha value is -1.89. The van der Waals surface area contributed by atoms with Crippen molar-refractivity contribution in [3.63, 3.8) is 0 Å². The lowest BCUT2D eigenvalue weighted by Crippen LogP contribution is -2.38. The van der Waals surface area contributed by atoms with E-state index < -0.39 is 0 Å². The van der Waals surface area contributed by atoms with Crippen molar-refractivity contribution >= 4 is 17.7 Å². The van der Waals surface area contributed by atoms with Gasteiger partial charge in [-0.2, -0.15) is 16.9 Å². The average Bonchev–Trinajstić information content (AvgIpc) is 3.04. The first-order valence-electron chi connectivity index (χ1n) is 8.44. The van der Waals surface area contributed by atoms with Crippen LogP contribution in [0.2, 0.25) is 0 Å². The van der Waals surface area contributed by atoms with E-state index in [4.69, 9.17) is 0 Å². The van der Waals surface area contributed by atoms with E-state index in [0.29, 0.717) is 6.54 Å². The fraction of sp³-hybridized carbons (Fsp3) is 0.529. The van der Waals surface area contributed by atoms with Crippen molar-refractivity contribution in [1.29, 1.82) is 0 Å². The van der Waals surface area contributed by atoms with E-state index >= 15 is 0 Å². The Morgan fingerprint density at radius 3 is 3.21 bits per heavy atom. The van der Waals surface area contributed by atoms with E-state index in [0.717, 1.165) is 60.2 Å². The van der Waals surface area contributed by atoms with Crippen molar-refractivity contribution in [3.8, 4) is 0 Å². The molecule has 126 valence electrons. The summed E-state index contributed by atoms with van der Waals surface area (Å²) in [5.74, 6) is 2.76. The Morgan fingerprint density at radius 1 is 1.42 bits per heavy atom. The minimum absolute atomic E-state index is 0.00765. The highest BCUT2D eigenvalue weighted by atomic mass is 32.2. The largest absolute Gasteiger partial charge is 0.336 e. The summed E-state index contributed by atoms with van der Waals surface area (Å²) in [7, 11) is 0. The molecule has 0 N–H and O–H groups in total. The van der Waals surface area contributed by atoms with Gasteiger partial charge in [0.05, 0.1) is 18.3 Å². The standard InChI is InChI=1S/C17H21N5OS/c1-12-4-6-18-17(19-12)21-7-2-3-14(21)10-22-16(23)9-13-11-24-8-5-15(13)20-22/h4,6,9,14H,2-3,5,7-8,10-11H2,1H3. The van der Waals surface area contributed by atoms with E-state index in [1.165, 1.54) is 0 Å². The number of thioether (sulfide) groups is 1. The second-order valence-corrected chi connectivity index (χ2v) is 7.53. The molecule has 0 aromatic carbocycles. The summed E-state index contributed by atoms with van der Waals surface area (Å²) in [6.45, 7) is 3.52. The molecule has 1 unspecified atom stereocenters. The number of hydrogen-bond acceptors (Lipinski definition) is 6. The highest BCUT2D eigenvalue weighted by molar-refractivity contribution is 7.98. The van der Waals surface area contributed by atoms with Gasteiger partial charge in [-0.15, -0.1) is 0 Å². The maximum absolute atomic E-state index is 12.4. The van der Waals surface area contributed by atoms with E-state index in [1.54, 1.807) is 16.9 Å². The van der Waals surface area contributed by atoms with Crippen molar-refractivity contribution in [3.05, 3.63) is 45.6 Å². The molecule has 4 heterocycles. The van der Waals surface area contributed by atoms with Crippen molar-refractivity contribution in [2.45, 2.75) is 44.5 Å². The van der Waals surface area contributed by atoms with Gasteiger partial charge in [-0.1, -0.05) is 0 Å². The van der Waals surface area contributed by atoms with Gasteiger partial charge in [0.2, 0.25) is 5.95 Å². The number of fused-ring (bicyclic) bond motifs is 1. The summed E-state index contributed by atoms with van der Waals surface area (Å²) in [4.78, 5) is 23.6. The second kappa shape index (κ2) is 6.55. The van der Waals surface area contributed by atoms with E-state index in [1.807, 2.05) is 24.8 Å². The predicted octanol–water partition coefficient (Wildman–Crippen LogP) is 1.80. The van der Waals surface area contributed by atoms with Crippen LogP contribution in [0.15, 0.2) is 23.1 Å². The first-order chi connectivity index (χ1) is 11.7. The van der Waals surface area contributed by atoms with Gasteiger partial charge in [0, 0.05) is 36.7 Å². The van der Waals surface area contributed by atoms with Crippen LogP contribution in [0.25, 0.3) is 0 Å². The van der Waals surface area contributed by atoms with Crippen molar-refractivity contribution in [2.24, 2.45) is 0 Å². The topological polar surface area (TPSA) is 63.9 Å². The van der Waals surface area contributed by atoms with Crippen LogP contribution in [-0.2, 0) is 18.7 Å².